The number of hydrogen-bond acceptors (Lipinski definition) is 8. The molecule has 40 heavy (non-hydrogen) atoms. The van der Waals surface area contributed by atoms with Crippen molar-refractivity contribution in [3.8, 4) is 22.8 Å². The van der Waals surface area contributed by atoms with E-state index in [1.165, 1.54) is 34.1 Å². The summed E-state index contributed by atoms with van der Waals surface area (Å²) >= 11 is 0. The normalized spacial score (nSPS) is 13.9. The van der Waals surface area contributed by atoms with Crippen LogP contribution in [-0.4, -0.2) is 90.0 Å². The number of carbonyl (C=O) groups is 2. The predicted octanol–water partition coefficient (Wildman–Crippen LogP) is 4.39. The molecule has 0 aliphatic carbocycles. The molecule has 1 saturated heterocycles. The second-order valence-electron chi connectivity index (χ2n) is 9.24. The first-order valence-electron chi connectivity index (χ1n) is 12.2. The zero-order valence-electron chi connectivity index (χ0n) is 21.7. The van der Waals surface area contributed by atoms with Crippen molar-refractivity contribution in [2.75, 3.05) is 53.4 Å². The summed E-state index contributed by atoms with van der Waals surface area (Å²) in [4.78, 5) is 46.0. The van der Waals surface area contributed by atoms with E-state index in [2.05, 4.69) is 4.98 Å². The Morgan fingerprint density at radius 3 is 2.27 bits per heavy atom. The number of alkyl halides is 3. The number of rotatable bonds is 7. The third-order valence-electron chi connectivity index (χ3n) is 6.22. The number of para-hydroxylation sites is 1. The van der Waals surface area contributed by atoms with Gasteiger partial charge in [-0.1, -0.05) is 12.1 Å². The maximum Gasteiger partial charge on any atom is 0.416 e. The van der Waals surface area contributed by atoms with Gasteiger partial charge in [0.05, 0.1) is 16.1 Å². The monoisotopic (exact) mass is 561 g/mol. The van der Waals surface area contributed by atoms with Crippen molar-refractivity contribution in [2.45, 2.75) is 6.18 Å². The summed E-state index contributed by atoms with van der Waals surface area (Å²) in [5.74, 6) is -0.957. The first-order valence-corrected chi connectivity index (χ1v) is 12.2. The fraction of sp³-hybridized carbons (Fsp3) is 0.346. The number of nitrogens with zero attached hydrogens (tertiary/aromatic N) is 5. The van der Waals surface area contributed by atoms with Crippen LogP contribution in [0.1, 0.15) is 16.1 Å². The molecule has 2 amide bonds. The molecule has 212 valence electrons. The molecule has 1 aromatic heterocycles. The van der Waals surface area contributed by atoms with Crippen molar-refractivity contribution in [3.63, 3.8) is 0 Å². The minimum Gasteiger partial charge on any atom is -0.448 e. The highest BCUT2D eigenvalue weighted by molar-refractivity contribution is 5.99. The van der Waals surface area contributed by atoms with Crippen LogP contribution in [0, 0.1) is 10.1 Å². The van der Waals surface area contributed by atoms with Gasteiger partial charge < -0.3 is 23.9 Å². The standard InChI is InChI=1S/C26H26F3N5O6/c1-31(2)15-16-39-25(36)33-13-11-32(12-14-33)24(35)21-22(19-5-3-4-6-20(19)34(37)38)40-23(30-21)17-7-9-18(10-8-17)26(27,28)29/h3-10H,11-16H2,1-2H3. The van der Waals surface area contributed by atoms with Gasteiger partial charge in [-0.25, -0.2) is 9.78 Å². The molecule has 14 heteroatoms. The van der Waals surface area contributed by atoms with Crippen molar-refractivity contribution < 1.29 is 36.8 Å². The Labute approximate surface area is 226 Å². The topological polar surface area (TPSA) is 122 Å². The lowest BCUT2D eigenvalue weighted by molar-refractivity contribution is -0.384. The zero-order chi connectivity index (χ0) is 29.0. The van der Waals surface area contributed by atoms with E-state index in [1.54, 1.807) is 0 Å². The van der Waals surface area contributed by atoms with Gasteiger partial charge >= 0.3 is 12.3 Å². The summed E-state index contributed by atoms with van der Waals surface area (Å²) < 4.78 is 50.1. The lowest BCUT2D eigenvalue weighted by atomic mass is 10.1. The van der Waals surface area contributed by atoms with Crippen molar-refractivity contribution in [1.82, 2.24) is 19.7 Å². The van der Waals surface area contributed by atoms with Crippen LogP contribution in [0.4, 0.5) is 23.7 Å². The average Bonchev–Trinajstić information content (AvgIpc) is 3.37. The third-order valence-corrected chi connectivity index (χ3v) is 6.22. The summed E-state index contributed by atoms with van der Waals surface area (Å²) in [7, 11) is 3.70. The Morgan fingerprint density at radius 2 is 1.68 bits per heavy atom. The molecule has 1 fully saturated rings. The molecule has 1 aliphatic heterocycles. The molecule has 0 atom stereocenters. The number of aromatic nitrogens is 1. The van der Waals surface area contributed by atoms with Crippen molar-refractivity contribution in [1.29, 1.82) is 0 Å². The van der Waals surface area contributed by atoms with E-state index in [1.807, 2.05) is 19.0 Å². The number of hydrogen-bond donors (Lipinski definition) is 0. The Balaban J connectivity index is 1.61. The van der Waals surface area contributed by atoms with Crippen LogP contribution in [-0.2, 0) is 10.9 Å². The Morgan fingerprint density at radius 1 is 1.05 bits per heavy atom. The molecule has 0 bridgehead atoms. The van der Waals surface area contributed by atoms with Gasteiger partial charge in [-0.05, 0) is 44.4 Å². The number of nitro groups is 1. The largest absolute Gasteiger partial charge is 0.448 e. The quantitative estimate of drug-likeness (QED) is 0.308. The van der Waals surface area contributed by atoms with E-state index in [9.17, 15) is 32.9 Å². The number of halogens is 3. The molecule has 11 nitrogen and oxygen atoms in total. The number of likely N-dealkylation sites (N-methyl/N-ethyl adjacent to an activating group) is 1. The second-order valence-corrected chi connectivity index (χ2v) is 9.24. The molecule has 2 aromatic carbocycles. The second kappa shape index (κ2) is 11.7. The van der Waals surface area contributed by atoms with Crippen LogP contribution < -0.4 is 0 Å². The van der Waals surface area contributed by atoms with Gasteiger partial charge in [0.25, 0.3) is 11.6 Å². The van der Waals surface area contributed by atoms with Crippen LogP contribution in [0.25, 0.3) is 22.8 Å². The minimum atomic E-state index is -4.55. The van der Waals surface area contributed by atoms with Crippen LogP contribution in [0.2, 0.25) is 0 Å². The Hall–Kier alpha value is -4.46. The highest BCUT2D eigenvalue weighted by Gasteiger charge is 2.33. The van der Waals surface area contributed by atoms with E-state index >= 15 is 0 Å². The van der Waals surface area contributed by atoms with Gasteiger partial charge in [-0.15, -0.1) is 0 Å². The molecule has 0 unspecified atom stereocenters. The number of piperazine rings is 1. The molecule has 2 heterocycles. The molecule has 0 saturated carbocycles. The highest BCUT2D eigenvalue weighted by Crippen LogP contribution is 2.37. The van der Waals surface area contributed by atoms with E-state index in [-0.39, 0.29) is 66.9 Å². The number of ether oxygens (including phenoxy) is 1. The first kappa shape index (κ1) is 28.5. The smallest absolute Gasteiger partial charge is 0.416 e. The summed E-state index contributed by atoms with van der Waals surface area (Å²) in [6.07, 6.45) is -5.05. The molecule has 3 aromatic rings. The van der Waals surface area contributed by atoms with Crippen molar-refractivity contribution in [2.24, 2.45) is 0 Å². The molecule has 4 rings (SSSR count). The molecular weight excluding hydrogens is 535 g/mol. The van der Waals surface area contributed by atoms with Crippen LogP contribution >= 0.6 is 0 Å². The van der Waals surface area contributed by atoms with Crippen LogP contribution in [0.15, 0.2) is 52.9 Å². The zero-order valence-corrected chi connectivity index (χ0v) is 21.7. The van der Waals surface area contributed by atoms with Crippen molar-refractivity contribution in [3.05, 3.63) is 69.9 Å². The Bertz CT molecular complexity index is 1380. The van der Waals surface area contributed by atoms with E-state index in [0.717, 1.165) is 24.3 Å². The number of carbonyl (C=O) groups excluding carboxylic acids is 2. The third kappa shape index (κ3) is 6.39. The van der Waals surface area contributed by atoms with Gasteiger partial charge in [-0.3, -0.25) is 14.9 Å². The average molecular weight is 562 g/mol. The predicted molar refractivity (Wildman–Crippen MR) is 136 cm³/mol. The summed E-state index contributed by atoms with van der Waals surface area (Å²) in [6, 6.07) is 9.60. The summed E-state index contributed by atoms with van der Waals surface area (Å²) in [5, 5.41) is 11.7. The van der Waals surface area contributed by atoms with Gasteiger partial charge in [-0.2, -0.15) is 13.2 Å². The minimum absolute atomic E-state index is 0.00961. The van der Waals surface area contributed by atoms with Gasteiger partial charge in [0.1, 0.15) is 6.61 Å². The molecule has 0 radical (unpaired) electrons. The maximum atomic E-state index is 13.6. The van der Waals surface area contributed by atoms with E-state index < -0.39 is 28.7 Å². The number of oxazole rings is 1. The van der Waals surface area contributed by atoms with Gasteiger partial charge in [0.2, 0.25) is 5.89 Å². The van der Waals surface area contributed by atoms with Crippen LogP contribution in [0.5, 0.6) is 0 Å². The molecule has 1 aliphatic rings. The SMILES string of the molecule is CN(C)CCOC(=O)N1CCN(C(=O)c2nc(-c3ccc(C(F)(F)F)cc3)oc2-c2ccccc2[N+](=O)[O-])CC1. The van der Waals surface area contributed by atoms with Crippen LogP contribution in [0.3, 0.4) is 0 Å². The molecular formula is C26H26F3N5O6. The first-order chi connectivity index (χ1) is 19.0. The van der Waals surface area contributed by atoms with Gasteiger partial charge in [0.15, 0.2) is 11.5 Å². The highest BCUT2D eigenvalue weighted by atomic mass is 19.4. The number of nitro benzene ring substituents is 1. The molecule has 0 N–H and O–H groups in total. The lowest BCUT2D eigenvalue weighted by Gasteiger charge is -2.33. The maximum absolute atomic E-state index is 13.6. The summed E-state index contributed by atoms with van der Waals surface area (Å²) in [6.45, 7) is 1.44. The Kier molecular flexibility index (Phi) is 8.38. The fourth-order valence-electron chi connectivity index (χ4n) is 4.05. The van der Waals surface area contributed by atoms with Gasteiger partial charge in [0, 0.05) is 44.4 Å². The number of benzene rings is 2. The van der Waals surface area contributed by atoms with Crippen molar-refractivity contribution >= 4 is 17.7 Å². The lowest BCUT2D eigenvalue weighted by Crippen LogP contribution is -2.51. The fourth-order valence-corrected chi connectivity index (χ4v) is 4.05. The number of amides is 2. The summed E-state index contributed by atoms with van der Waals surface area (Å²) in [5.41, 5.74) is -1.30. The molecule has 0 spiro atoms. The van der Waals surface area contributed by atoms with E-state index in [4.69, 9.17) is 9.15 Å². The van der Waals surface area contributed by atoms with E-state index in [0.29, 0.717) is 6.54 Å².